The molecule has 6 nitrogen and oxygen atoms in total. The van der Waals surface area contributed by atoms with E-state index in [1.807, 2.05) is 64.2 Å². The summed E-state index contributed by atoms with van der Waals surface area (Å²) in [5.41, 5.74) is 0.881. The van der Waals surface area contributed by atoms with Gasteiger partial charge in [-0.25, -0.2) is 4.68 Å². The summed E-state index contributed by atoms with van der Waals surface area (Å²) >= 11 is 1.40. The number of amides is 1. The average Bonchev–Trinajstić information content (AvgIpc) is 3.29. The minimum atomic E-state index is 0.0234. The Hall–Kier alpha value is -2.54. The zero-order valence-electron chi connectivity index (χ0n) is 14.4. The lowest BCUT2D eigenvalue weighted by molar-refractivity contribution is -0.115. The lowest BCUT2D eigenvalue weighted by Crippen LogP contribution is -2.28. The van der Waals surface area contributed by atoms with Gasteiger partial charge in [0.15, 0.2) is 5.82 Å². The van der Waals surface area contributed by atoms with Crippen molar-refractivity contribution in [2.24, 2.45) is 0 Å². The monoisotopic (exact) mass is 355 g/mol. The number of hydrogen-bond donors (Lipinski definition) is 0. The third kappa shape index (κ3) is 3.93. The lowest BCUT2D eigenvalue weighted by atomic mass is 10.3. The number of anilines is 1. The van der Waals surface area contributed by atoms with E-state index in [0.717, 1.165) is 29.5 Å². The van der Waals surface area contributed by atoms with Crippen LogP contribution in [0.1, 0.15) is 19.2 Å². The fourth-order valence-corrected chi connectivity index (χ4v) is 3.34. The van der Waals surface area contributed by atoms with Crippen molar-refractivity contribution in [3.63, 3.8) is 0 Å². The van der Waals surface area contributed by atoms with Crippen LogP contribution in [-0.2, 0) is 11.2 Å². The maximum absolute atomic E-state index is 12.5. The quantitative estimate of drug-likeness (QED) is 0.611. The summed E-state index contributed by atoms with van der Waals surface area (Å²) in [5.74, 6) is 1.22. The lowest BCUT2D eigenvalue weighted by Gasteiger charge is -2.17. The van der Waals surface area contributed by atoms with E-state index in [0.29, 0.717) is 5.75 Å². The molecule has 0 aliphatic rings. The normalized spacial score (nSPS) is 10.8. The van der Waals surface area contributed by atoms with Crippen LogP contribution in [0, 0.1) is 0 Å². The van der Waals surface area contributed by atoms with E-state index < -0.39 is 0 Å². The molecule has 0 spiro atoms. The molecular weight excluding hydrogens is 334 g/mol. The van der Waals surface area contributed by atoms with E-state index in [1.54, 1.807) is 11.9 Å². The van der Waals surface area contributed by atoms with Crippen LogP contribution in [0.2, 0.25) is 0 Å². The Balaban J connectivity index is 1.74. The topological polar surface area (TPSA) is 56.0 Å². The van der Waals surface area contributed by atoms with Gasteiger partial charge in [-0.3, -0.25) is 9.47 Å². The largest absolute Gasteiger partial charge is 0.315 e. The highest BCUT2D eigenvalue weighted by Gasteiger charge is 2.17. The summed E-state index contributed by atoms with van der Waals surface area (Å²) in [6.07, 6.45) is 5.72. The van der Waals surface area contributed by atoms with Crippen molar-refractivity contribution in [3.05, 3.63) is 60.7 Å². The molecule has 0 aliphatic heterocycles. The van der Waals surface area contributed by atoms with E-state index in [1.165, 1.54) is 11.8 Å². The molecule has 1 amide bonds. The highest BCUT2D eigenvalue weighted by Crippen LogP contribution is 2.20. The average molecular weight is 355 g/mol. The molecule has 0 aliphatic carbocycles. The Morgan fingerprint density at radius 3 is 2.52 bits per heavy atom. The van der Waals surface area contributed by atoms with Gasteiger partial charge in [-0.05, 0) is 30.7 Å². The van der Waals surface area contributed by atoms with Crippen LogP contribution >= 0.6 is 11.8 Å². The molecule has 7 heteroatoms. The summed E-state index contributed by atoms with van der Waals surface area (Å²) in [5, 5.41) is 9.29. The molecule has 0 N–H and O–H groups in total. The standard InChI is InChI=1S/C18H21N5OS/c1-3-9-16-19-20-18(23(16)22-12-7-8-13-22)25-14-17(24)21(2)15-10-5-4-6-11-15/h4-8,10-13H,3,9,14H2,1-2H3. The van der Waals surface area contributed by atoms with E-state index in [9.17, 15) is 4.79 Å². The van der Waals surface area contributed by atoms with Gasteiger partial charge < -0.3 is 4.90 Å². The van der Waals surface area contributed by atoms with Crippen molar-refractivity contribution >= 4 is 23.4 Å². The van der Waals surface area contributed by atoms with Gasteiger partial charge in [0.05, 0.1) is 5.75 Å². The first kappa shape index (κ1) is 17.3. The van der Waals surface area contributed by atoms with Crippen molar-refractivity contribution in [2.45, 2.75) is 24.9 Å². The molecule has 25 heavy (non-hydrogen) atoms. The Morgan fingerprint density at radius 1 is 1.12 bits per heavy atom. The Kier molecular flexibility index (Phi) is 5.55. The number of aryl methyl sites for hydroxylation is 1. The maximum Gasteiger partial charge on any atom is 0.237 e. The first-order valence-corrected chi connectivity index (χ1v) is 9.21. The highest BCUT2D eigenvalue weighted by atomic mass is 32.2. The smallest absolute Gasteiger partial charge is 0.237 e. The van der Waals surface area contributed by atoms with E-state index in [4.69, 9.17) is 0 Å². The number of thioether (sulfide) groups is 1. The first-order chi connectivity index (χ1) is 12.2. The SMILES string of the molecule is CCCc1nnc(SCC(=O)N(C)c2ccccc2)n1-n1cccc1. The van der Waals surface area contributed by atoms with Gasteiger partial charge in [0, 0.05) is 31.5 Å². The van der Waals surface area contributed by atoms with Crippen LogP contribution in [0.5, 0.6) is 0 Å². The third-order valence-electron chi connectivity index (χ3n) is 3.81. The second-order valence-electron chi connectivity index (χ2n) is 5.60. The number of carbonyl (C=O) groups is 1. The van der Waals surface area contributed by atoms with E-state index >= 15 is 0 Å². The summed E-state index contributed by atoms with van der Waals surface area (Å²) in [7, 11) is 1.79. The number of aromatic nitrogens is 4. The predicted molar refractivity (Wildman–Crippen MR) is 99.8 cm³/mol. The van der Waals surface area contributed by atoms with Crippen molar-refractivity contribution in [1.82, 2.24) is 19.5 Å². The van der Waals surface area contributed by atoms with Gasteiger partial charge in [-0.2, -0.15) is 0 Å². The molecule has 2 heterocycles. The second kappa shape index (κ2) is 8.02. The highest BCUT2D eigenvalue weighted by molar-refractivity contribution is 7.99. The number of benzene rings is 1. The molecule has 3 rings (SSSR count). The van der Waals surface area contributed by atoms with Crippen molar-refractivity contribution < 1.29 is 4.79 Å². The van der Waals surface area contributed by atoms with E-state index in [-0.39, 0.29) is 5.91 Å². The van der Waals surface area contributed by atoms with Gasteiger partial charge in [0.1, 0.15) is 0 Å². The van der Waals surface area contributed by atoms with E-state index in [2.05, 4.69) is 17.1 Å². The third-order valence-corrected chi connectivity index (χ3v) is 4.72. The summed E-state index contributed by atoms with van der Waals surface area (Å²) in [4.78, 5) is 14.2. The Bertz CT molecular complexity index is 813. The molecule has 1 aromatic carbocycles. The molecular formula is C18H21N5OS. The second-order valence-corrected chi connectivity index (χ2v) is 6.54. The van der Waals surface area contributed by atoms with Gasteiger partial charge >= 0.3 is 0 Å². The van der Waals surface area contributed by atoms with Crippen molar-refractivity contribution in [2.75, 3.05) is 17.7 Å². The minimum Gasteiger partial charge on any atom is -0.315 e. The first-order valence-electron chi connectivity index (χ1n) is 8.23. The zero-order chi connectivity index (χ0) is 17.6. The summed E-state index contributed by atoms with van der Waals surface area (Å²) in [6.45, 7) is 2.11. The fourth-order valence-electron chi connectivity index (χ4n) is 2.47. The number of carbonyl (C=O) groups excluding carboxylic acids is 1. The fraction of sp³-hybridized carbons (Fsp3) is 0.278. The molecule has 3 aromatic rings. The molecule has 0 bridgehead atoms. The number of hydrogen-bond acceptors (Lipinski definition) is 4. The molecule has 0 radical (unpaired) electrons. The van der Waals surface area contributed by atoms with Crippen LogP contribution in [0.3, 0.4) is 0 Å². The molecule has 130 valence electrons. The van der Waals surface area contributed by atoms with Crippen molar-refractivity contribution in [1.29, 1.82) is 0 Å². The molecule has 0 unspecified atom stereocenters. The molecule has 0 saturated carbocycles. The minimum absolute atomic E-state index is 0.0234. The van der Waals surface area contributed by atoms with Crippen LogP contribution < -0.4 is 4.90 Å². The molecule has 0 saturated heterocycles. The van der Waals surface area contributed by atoms with Gasteiger partial charge in [0.25, 0.3) is 0 Å². The summed E-state index contributed by atoms with van der Waals surface area (Å²) < 4.78 is 3.91. The van der Waals surface area contributed by atoms with Gasteiger partial charge in [-0.1, -0.05) is 36.9 Å². The van der Waals surface area contributed by atoms with Crippen LogP contribution in [0.4, 0.5) is 5.69 Å². The summed E-state index contributed by atoms with van der Waals surface area (Å²) in [6, 6.07) is 13.5. The number of para-hydroxylation sites is 1. The number of nitrogens with zero attached hydrogens (tertiary/aromatic N) is 5. The molecule has 0 atom stereocenters. The van der Waals surface area contributed by atoms with Crippen LogP contribution in [-0.4, -0.2) is 38.3 Å². The molecule has 2 aromatic heterocycles. The number of rotatable bonds is 7. The van der Waals surface area contributed by atoms with Crippen molar-refractivity contribution in [3.8, 4) is 0 Å². The van der Waals surface area contributed by atoms with Crippen LogP contribution in [0.15, 0.2) is 60.0 Å². The Labute approximate surface area is 151 Å². The Morgan fingerprint density at radius 2 is 1.84 bits per heavy atom. The van der Waals surface area contributed by atoms with Gasteiger partial charge in [-0.15, -0.1) is 10.2 Å². The van der Waals surface area contributed by atoms with Gasteiger partial charge in [0.2, 0.25) is 11.1 Å². The molecule has 0 fully saturated rings. The maximum atomic E-state index is 12.5. The zero-order valence-corrected chi connectivity index (χ0v) is 15.2. The van der Waals surface area contributed by atoms with Crippen LogP contribution in [0.25, 0.3) is 0 Å². The predicted octanol–water partition coefficient (Wildman–Crippen LogP) is 3.10.